The van der Waals surface area contributed by atoms with Crippen LogP contribution in [0.3, 0.4) is 0 Å². The first-order valence-electron chi connectivity index (χ1n) is 7.11. The number of nitrogens with zero attached hydrogens (tertiary/aromatic N) is 3. The van der Waals surface area contributed by atoms with Crippen molar-refractivity contribution < 1.29 is 9.47 Å². The average Bonchev–Trinajstić information content (AvgIpc) is 2.36. The Hall–Kier alpha value is -1.63. The molecule has 0 amide bonds. The highest BCUT2D eigenvalue weighted by Gasteiger charge is 2.06. The van der Waals surface area contributed by atoms with Crippen LogP contribution in [0.2, 0.25) is 0 Å². The van der Waals surface area contributed by atoms with Crippen LogP contribution in [0.15, 0.2) is 0 Å². The number of rotatable bonds is 10. The molecule has 0 aliphatic rings. The molecule has 1 rings (SSSR count). The molecular formula is C13H25N5O2. The second kappa shape index (κ2) is 9.30. The van der Waals surface area contributed by atoms with Crippen LogP contribution >= 0.6 is 0 Å². The van der Waals surface area contributed by atoms with Gasteiger partial charge in [-0.2, -0.15) is 15.0 Å². The number of ether oxygens (including phenoxy) is 2. The van der Waals surface area contributed by atoms with Crippen LogP contribution in [0.25, 0.3) is 0 Å². The summed E-state index contributed by atoms with van der Waals surface area (Å²) in [5, 5.41) is 3.09. The van der Waals surface area contributed by atoms with Crippen molar-refractivity contribution in [1.29, 1.82) is 0 Å². The van der Waals surface area contributed by atoms with E-state index in [9.17, 15) is 0 Å². The Kier molecular flexibility index (Phi) is 7.64. The van der Waals surface area contributed by atoms with E-state index in [-0.39, 0.29) is 18.1 Å². The van der Waals surface area contributed by atoms with Gasteiger partial charge in [-0.25, -0.2) is 0 Å². The molecule has 0 aromatic carbocycles. The lowest BCUT2D eigenvalue weighted by Gasteiger charge is -2.10. The Balaban J connectivity index is 2.30. The third-order valence-electron chi connectivity index (χ3n) is 2.36. The van der Waals surface area contributed by atoms with E-state index in [1.807, 2.05) is 13.8 Å². The summed E-state index contributed by atoms with van der Waals surface area (Å²) in [4.78, 5) is 12.1. The van der Waals surface area contributed by atoms with Gasteiger partial charge in [0.25, 0.3) is 0 Å². The molecule has 0 bridgehead atoms. The van der Waals surface area contributed by atoms with Gasteiger partial charge in [0.1, 0.15) is 0 Å². The molecule has 1 aromatic heterocycles. The number of anilines is 2. The second-order valence-corrected chi connectivity index (χ2v) is 4.71. The fraction of sp³-hybridized carbons (Fsp3) is 0.769. The molecule has 0 aliphatic heterocycles. The zero-order chi connectivity index (χ0) is 14.8. The van der Waals surface area contributed by atoms with Crippen LogP contribution in [0.1, 0.15) is 40.0 Å². The van der Waals surface area contributed by atoms with Gasteiger partial charge in [0.2, 0.25) is 11.9 Å². The third kappa shape index (κ3) is 7.08. The first-order chi connectivity index (χ1) is 9.61. The smallest absolute Gasteiger partial charge is 0.323 e. The Morgan fingerprint density at radius 3 is 2.60 bits per heavy atom. The quantitative estimate of drug-likeness (QED) is 0.633. The van der Waals surface area contributed by atoms with Gasteiger partial charge in [-0.3, -0.25) is 0 Å². The fourth-order valence-electron chi connectivity index (χ4n) is 1.44. The van der Waals surface area contributed by atoms with Crippen molar-refractivity contribution in [3.05, 3.63) is 0 Å². The van der Waals surface area contributed by atoms with Gasteiger partial charge in [0.15, 0.2) is 0 Å². The molecule has 0 radical (unpaired) electrons. The normalized spacial score (nSPS) is 10.8. The Bertz CT molecular complexity index is 387. The van der Waals surface area contributed by atoms with Gasteiger partial charge in [0.05, 0.1) is 6.10 Å². The molecule has 0 aliphatic carbocycles. The highest BCUT2D eigenvalue weighted by molar-refractivity contribution is 5.32. The number of hydrogen-bond acceptors (Lipinski definition) is 7. The van der Waals surface area contributed by atoms with Gasteiger partial charge in [-0.1, -0.05) is 13.3 Å². The van der Waals surface area contributed by atoms with E-state index in [0.717, 1.165) is 39.0 Å². The van der Waals surface area contributed by atoms with E-state index in [1.54, 1.807) is 0 Å². The maximum absolute atomic E-state index is 5.61. The molecule has 0 saturated heterocycles. The number of nitrogens with one attached hydrogen (secondary N) is 1. The largest absolute Gasteiger partial charge is 0.461 e. The standard InChI is InChI=1S/C13H25N5O2/c1-4-5-8-19-9-6-7-15-12-16-11(14)17-13(18-12)20-10(2)3/h10H,4-9H2,1-3H3,(H3,14,15,16,17,18). The van der Waals surface area contributed by atoms with Gasteiger partial charge in [-0.15, -0.1) is 0 Å². The van der Waals surface area contributed by atoms with Crippen LogP contribution < -0.4 is 15.8 Å². The molecule has 0 fully saturated rings. The predicted octanol–water partition coefficient (Wildman–Crippen LogP) is 1.86. The topological polar surface area (TPSA) is 95.2 Å². The van der Waals surface area contributed by atoms with Crippen molar-refractivity contribution in [2.24, 2.45) is 0 Å². The van der Waals surface area contributed by atoms with Gasteiger partial charge < -0.3 is 20.5 Å². The molecule has 1 aromatic rings. The molecule has 0 unspecified atom stereocenters. The Morgan fingerprint density at radius 2 is 1.90 bits per heavy atom. The molecule has 7 nitrogen and oxygen atoms in total. The Morgan fingerprint density at radius 1 is 1.15 bits per heavy atom. The molecule has 114 valence electrons. The minimum absolute atomic E-state index is 0.00313. The summed E-state index contributed by atoms with van der Waals surface area (Å²) in [6.07, 6.45) is 3.14. The molecule has 0 spiro atoms. The summed E-state index contributed by atoms with van der Waals surface area (Å²) in [7, 11) is 0. The van der Waals surface area contributed by atoms with Gasteiger partial charge >= 0.3 is 6.01 Å². The summed E-state index contributed by atoms with van der Waals surface area (Å²) in [6, 6.07) is 0.245. The number of aromatic nitrogens is 3. The second-order valence-electron chi connectivity index (χ2n) is 4.71. The van der Waals surface area contributed by atoms with Crippen LogP contribution in [-0.4, -0.2) is 40.8 Å². The maximum Gasteiger partial charge on any atom is 0.323 e. The number of hydrogen-bond donors (Lipinski definition) is 2. The number of unbranched alkanes of at least 4 members (excludes halogenated alkanes) is 1. The third-order valence-corrected chi connectivity index (χ3v) is 2.36. The molecule has 0 saturated carbocycles. The van der Waals surface area contributed by atoms with Crippen LogP contribution in [-0.2, 0) is 4.74 Å². The van der Waals surface area contributed by atoms with E-state index >= 15 is 0 Å². The van der Waals surface area contributed by atoms with Crippen LogP contribution in [0, 0.1) is 0 Å². The zero-order valence-electron chi connectivity index (χ0n) is 12.6. The molecule has 3 N–H and O–H groups in total. The summed E-state index contributed by atoms with van der Waals surface area (Å²) < 4.78 is 10.9. The van der Waals surface area contributed by atoms with Gasteiger partial charge in [-0.05, 0) is 26.7 Å². The van der Waals surface area contributed by atoms with E-state index < -0.39 is 0 Å². The van der Waals surface area contributed by atoms with E-state index in [0.29, 0.717) is 5.95 Å². The summed E-state index contributed by atoms with van der Waals surface area (Å²) in [5.41, 5.74) is 5.61. The van der Waals surface area contributed by atoms with Crippen LogP contribution in [0.5, 0.6) is 6.01 Å². The lowest BCUT2D eigenvalue weighted by Crippen LogP contribution is -2.14. The minimum Gasteiger partial charge on any atom is -0.461 e. The first kappa shape index (κ1) is 16.4. The molecule has 0 atom stereocenters. The maximum atomic E-state index is 5.61. The molecular weight excluding hydrogens is 258 g/mol. The summed E-state index contributed by atoms with van der Waals surface area (Å²) >= 11 is 0. The Labute approximate surface area is 120 Å². The van der Waals surface area contributed by atoms with Crippen molar-refractivity contribution in [3.8, 4) is 6.01 Å². The lowest BCUT2D eigenvalue weighted by atomic mass is 10.4. The lowest BCUT2D eigenvalue weighted by molar-refractivity contribution is 0.131. The molecule has 7 heteroatoms. The summed E-state index contributed by atoms with van der Waals surface area (Å²) in [5.74, 6) is 0.582. The van der Waals surface area contributed by atoms with Crippen molar-refractivity contribution >= 4 is 11.9 Å². The predicted molar refractivity (Wildman–Crippen MR) is 78.8 cm³/mol. The average molecular weight is 283 g/mol. The van der Waals surface area contributed by atoms with Crippen molar-refractivity contribution in [3.63, 3.8) is 0 Å². The highest BCUT2D eigenvalue weighted by atomic mass is 16.5. The first-order valence-corrected chi connectivity index (χ1v) is 7.11. The van der Waals surface area contributed by atoms with E-state index in [1.165, 1.54) is 0 Å². The fourth-order valence-corrected chi connectivity index (χ4v) is 1.44. The highest BCUT2D eigenvalue weighted by Crippen LogP contribution is 2.10. The van der Waals surface area contributed by atoms with Crippen molar-refractivity contribution in [1.82, 2.24) is 15.0 Å². The van der Waals surface area contributed by atoms with E-state index in [2.05, 4.69) is 27.2 Å². The molecule has 20 heavy (non-hydrogen) atoms. The minimum atomic E-state index is -0.00313. The van der Waals surface area contributed by atoms with Crippen molar-refractivity contribution in [2.45, 2.75) is 46.1 Å². The van der Waals surface area contributed by atoms with Gasteiger partial charge in [0, 0.05) is 19.8 Å². The number of nitrogen functional groups attached to an aromatic ring is 1. The number of nitrogens with two attached hydrogens (primary N) is 1. The van der Waals surface area contributed by atoms with Crippen molar-refractivity contribution in [2.75, 3.05) is 30.8 Å². The molecule has 1 heterocycles. The monoisotopic (exact) mass is 283 g/mol. The zero-order valence-corrected chi connectivity index (χ0v) is 12.6. The van der Waals surface area contributed by atoms with Crippen LogP contribution in [0.4, 0.5) is 11.9 Å². The SMILES string of the molecule is CCCCOCCCNc1nc(N)nc(OC(C)C)n1. The van der Waals surface area contributed by atoms with E-state index in [4.69, 9.17) is 15.2 Å². The summed E-state index contributed by atoms with van der Waals surface area (Å²) in [6.45, 7) is 8.22.